The molecule has 1 unspecified atom stereocenters. The van der Waals surface area contributed by atoms with Crippen molar-refractivity contribution >= 4 is 22.7 Å². The van der Waals surface area contributed by atoms with Gasteiger partial charge in [0.25, 0.3) is 0 Å². The van der Waals surface area contributed by atoms with Crippen LogP contribution in [0.3, 0.4) is 0 Å². The molecule has 0 bridgehead atoms. The van der Waals surface area contributed by atoms with Gasteiger partial charge in [-0.3, -0.25) is 5.32 Å². The standard InChI is InChI=1S/C15H15N5O/c21-14-12-8-10-9-17-15(18-11-4-2-1-3-5-11)19-13(10)20(12)7-6-16-14/h1-5,8-9,14,16,21H,6-7H2,(H,17,18,19). The molecule has 0 amide bonds. The Morgan fingerprint density at radius 1 is 1.29 bits per heavy atom. The average Bonchev–Trinajstić information content (AvgIpc) is 2.88. The minimum atomic E-state index is -0.640. The number of nitrogens with one attached hydrogen (secondary N) is 2. The van der Waals surface area contributed by atoms with Gasteiger partial charge in [0.05, 0.1) is 5.69 Å². The summed E-state index contributed by atoms with van der Waals surface area (Å²) in [5.74, 6) is 0.558. The number of para-hydroxylation sites is 1. The molecule has 6 heteroatoms. The Kier molecular flexibility index (Phi) is 2.83. The molecule has 0 radical (unpaired) electrons. The van der Waals surface area contributed by atoms with E-state index in [-0.39, 0.29) is 0 Å². The second kappa shape index (κ2) is 4.83. The highest BCUT2D eigenvalue weighted by Gasteiger charge is 2.21. The Hall–Kier alpha value is -2.44. The summed E-state index contributed by atoms with van der Waals surface area (Å²) in [7, 11) is 0. The van der Waals surface area contributed by atoms with Gasteiger partial charge in [0.1, 0.15) is 11.9 Å². The fourth-order valence-electron chi connectivity index (χ4n) is 2.65. The quantitative estimate of drug-likeness (QED) is 0.667. The van der Waals surface area contributed by atoms with Crippen molar-refractivity contribution in [2.45, 2.75) is 12.8 Å². The first kappa shape index (κ1) is 12.3. The van der Waals surface area contributed by atoms with Gasteiger partial charge in [-0.15, -0.1) is 0 Å². The topological polar surface area (TPSA) is 75.0 Å². The molecular weight excluding hydrogens is 266 g/mol. The second-order valence-corrected chi connectivity index (χ2v) is 5.04. The number of hydrogen-bond acceptors (Lipinski definition) is 5. The summed E-state index contributed by atoms with van der Waals surface area (Å²) in [5.41, 5.74) is 2.63. The first-order chi connectivity index (χ1) is 10.3. The largest absolute Gasteiger partial charge is 0.373 e. The monoisotopic (exact) mass is 281 g/mol. The Bertz CT molecular complexity index is 783. The minimum absolute atomic E-state index is 0.558. The molecule has 0 spiro atoms. The molecule has 0 saturated carbocycles. The number of benzene rings is 1. The molecule has 1 aromatic carbocycles. The number of rotatable bonds is 2. The number of anilines is 2. The Morgan fingerprint density at radius 2 is 2.14 bits per heavy atom. The molecule has 106 valence electrons. The molecule has 0 fully saturated rings. The van der Waals surface area contributed by atoms with Crippen LogP contribution in [0.2, 0.25) is 0 Å². The maximum atomic E-state index is 9.97. The molecule has 3 heterocycles. The van der Waals surface area contributed by atoms with Gasteiger partial charge < -0.3 is 15.0 Å². The van der Waals surface area contributed by atoms with Crippen LogP contribution in [0.1, 0.15) is 11.9 Å². The van der Waals surface area contributed by atoms with Crippen molar-refractivity contribution < 1.29 is 5.11 Å². The first-order valence-corrected chi connectivity index (χ1v) is 6.91. The molecule has 2 aromatic heterocycles. The summed E-state index contributed by atoms with van der Waals surface area (Å²) in [4.78, 5) is 8.91. The van der Waals surface area contributed by atoms with Crippen molar-refractivity contribution in [1.82, 2.24) is 19.9 Å². The molecule has 21 heavy (non-hydrogen) atoms. The smallest absolute Gasteiger partial charge is 0.229 e. The van der Waals surface area contributed by atoms with Gasteiger partial charge in [0.2, 0.25) is 5.95 Å². The van der Waals surface area contributed by atoms with E-state index in [1.54, 1.807) is 6.20 Å². The highest BCUT2D eigenvalue weighted by Crippen LogP contribution is 2.25. The van der Waals surface area contributed by atoms with E-state index < -0.39 is 6.23 Å². The van der Waals surface area contributed by atoms with Gasteiger partial charge >= 0.3 is 0 Å². The number of fused-ring (bicyclic) bond motifs is 3. The van der Waals surface area contributed by atoms with E-state index in [1.807, 2.05) is 41.0 Å². The highest BCUT2D eigenvalue weighted by atomic mass is 16.3. The van der Waals surface area contributed by atoms with Crippen LogP contribution in [0.4, 0.5) is 11.6 Å². The molecular formula is C15H15N5O. The molecule has 0 aliphatic carbocycles. The lowest BCUT2D eigenvalue weighted by atomic mass is 10.3. The van der Waals surface area contributed by atoms with Crippen LogP contribution in [0.15, 0.2) is 42.6 Å². The maximum absolute atomic E-state index is 9.97. The zero-order valence-electron chi connectivity index (χ0n) is 11.3. The normalized spacial score (nSPS) is 17.7. The fourth-order valence-corrected chi connectivity index (χ4v) is 2.65. The van der Waals surface area contributed by atoms with E-state index in [9.17, 15) is 5.11 Å². The van der Waals surface area contributed by atoms with Crippen molar-refractivity contribution in [1.29, 1.82) is 0 Å². The van der Waals surface area contributed by atoms with Crippen LogP contribution < -0.4 is 10.6 Å². The number of aromatic nitrogens is 3. The van der Waals surface area contributed by atoms with E-state index in [4.69, 9.17) is 0 Å². The molecule has 1 atom stereocenters. The number of hydrogen-bond donors (Lipinski definition) is 3. The summed E-state index contributed by atoms with van der Waals surface area (Å²) < 4.78 is 2.04. The van der Waals surface area contributed by atoms with Crippen LogP contribution in [0, 0.1) is 0 Å². The van der Waals surface area contributed by atoms with Crippen molar-refractivity contribution in [2.24, 2.45) is 0 Å². The van der Waals surface area contributed by atoms with Gasteiger partial charge in [-0.2, -0.15) is 4.98 Å². The van der Waals surface area contributed by atoms with Crippen LogP contribution in [-0.4, -0.2) is 26.2 Å². The lowest BCUT2D eigenvalue weighted by Gasteiger charge is -2.22. The highest BCUT2D eigenvalue weighted by molar-refractivity contribution is 5.78. The van der Waals surface area contributed by atoms with Crippen molar-refractivity contribution in [2.75, 3.05) is 11.9 Å². The van der Waals surface area contributed by atoms with Crippen LogP contribution in [0.5, 0.6) is 0 Å². The third kappa shape index (κ3) is 2.14. The van der Waals surface area contributed by atoms with E-state index in [0.29, 0.717) is 5.95 Å². The second-order valence-electron chi connectivity index (χ2n) is 5.04. The van der Waals surface area contributed by atoms with Crippen molar-refractivity contribution in [3.63, 3.8) is 0 Å². The zero-order valence-corrected chi connectivity index (χ0v) is 11.3. The fraction of sp³-hybridized carbons (Fsp3) is 0.200. The molecule has 4 rings (SSSR count). The van der Waals surface area contributed by atoms with E-state index in [2.05, 4.69) is 20.6 Å². The van der Waals surface area contributed by atoms with Gasteiger partial charge in [0, 0.05) is 30.4 Å². The molecule has 3 aromatic rings. The predicted molar refractivity (Wildman–Crippen MR) is 80.2 cm³/mol. The lowest BCUT2D eigenvalue weighted by molar-refractivity contribution is 0.116. The van der Waals surface area contributed by atoms with Crippen molar-refractivity contribution in [3.8, 4) is 0 Å². The molecule has 1 aliphatic heterocycles. The van der Waals surface area contributed by atoms with Gasteiger partial charge in [-0.1, -0.05) is 18.2 Å². The Labute approximate surface area is 121 Å². The van der Waals surface area contributed by atoms with Crippen molar-refractivity contribution in [3.05, 3.63) is 48.3 Å². The lowest BCUT2D eigenvalue weighted by Crippen LogP contribution is -2.32. The Balaban J connectivity index is 1.76. The van der Waals surface area contributed by atoms with Gasteiger partial charge in [0.15, 0.2) is 0 Å². The van der Waals surface area contributed by atoms with Crippen LogP contribution in [0.25, 0.3) is 11.0 Å². The number of aliphatic hydroxyl groups is 1. The van der Waals surface area contributed by atoms with Gasteiger partial charge in [-0.25, -0.2) is 4.98 Å². The molecule has 6 nitrogen and oxygen atoms in total. The minimum Gasteiger partial charge on any atom is -0.373 e. The molecule has 3 N–H and O–H groups in total. The summed E-state index contributed by atoms with van der Waals surface area (Å²) in [6.45, 7) is 1.51. The first-order valence-electron chi connectivity index (χ1n) is 6.91. The predicted octanol–water partition coefficient (Wildman–Crippen LogP) is 1.77. The third-order valence-electron chi connectivity index (χ3n) is 3.65. The SMILES string of the molecule is OC1NCCn2c1cc1cnc(Nc3ccccc3)nc12. The molecule has 0 saturated heterocycles. The van der Waals surface area contributed by atoms with Crippen LogP contribution >= 0.6 is 0 Å². The van der Waals surface area contributed by atoms with E-state index in [1.165, 1.54) is 0 Å². The van der Waals surface area contributed by atoms with E-state index in [0.717, 1.165) is 35.5 Å². The van der Waals surface area contributed by atoms with Gasteiger partial charge in [-0.05, 0) is 18.2 Å². The van der Waals surface area contributed by atoms with Crippen LogP contribution in [-0.2, 0) is 6.54 Å². The van der Waals surface area contributed by atoms with E-state index >= 15 is 0 Å². The summed E-state index contributed by atoms with van der Waals surface area (Å²) in [5, 5.41) is 17.1. The summed E-state index contributed by atoms with van der Waals surface area (Å²) in [6, 6.07) is 11.7. The number of aliphatic hydroxyl groups excluding tert-OH is 1. The molecule has 1 aliphatic rings. The summed E-state index contributed by atoms with van der Waals surface area (Å²) >= 11 is 0. The average molecular weight is 281 g/mol. The third-order valence-corrected chi connectivity index (χ3v) is 3.65. The summed E-state index contributed by atoms with van der Waals surface area (Å²) in [6.07, 6.45) is 1.14. The number of nitrogens with zero attached hydrogens (tertiary/aromatic N) is 3. The maximum Gasteiger partial charge on any atom is 0.229 e. The zero-order chi connectivity index (χ0) is 14.2. The Morgan fingerprint density at radius 3 is 3.00 bits per heavy atom.